The van der Waals surface area contributed by atoms with Crippen LogP contribution in [0.25, 0.3) is 10.9 Å². The summed E-state index contributed by atoms with van der Waals surface area (Å²) in [5.41, 5.74) is 4.11. The Kier molecular flexibility index (Phi) is 4.98. The van der Waals surface area contributed by atoms with Crippen LogP contribution in [0.4, 0.5) is 0 Å². The molecule has 1 aliphatic heterocycles. The molecule has 7 heteroatoms. The van der Waals surface area contributed by atoms with Crippen LogP contribution in [0.2, 0.25) is 0 Å². The van der Waals surface area contributed by atoms with Gasteiger partial charge < -0.3 is 19.2 Å². The topological polar surface area (TPSA) is 89.7 Å². The summed E-state index contributed by atoms with van der Waals surface area (Å²) in [5.74, 6) is -0.176. The third-order valence-corrected chi connectivity index (χ3v) is 5.36. The second-order valence-electron chi connectivity index (χ2n) is 6.89. The third kappa shape index (κ3) is 3.23. The lowest BCUT2D eigenvalue weighted by molar-refractivity contribution is -0.143. The smallest absolute Gasteiger partial charge is 0.337 e. The predicted molar refractivity (Wildman–Crippen MR) is 107 cm³/mol. The maximum absolute atomic E-state index is 12.4. The zero-order valence-corrected chi connectivity index (χ0v) is 16.4. The highest BCUT2D eigenvalue weighted by Crippen LogP contribution is 2.38. The fourth-order valence-electron chi connectivity index (χ4n) is 3.98. The van der Waals surface area contributed by atoms with Crippen molar-refractivity contribution in [3.05, 3.63) is 64.8 Å². The zero-order chi connectivity index (χ0) is 20.5. The SMILES string of the molecule is COC(=O)c1ccc(OC)c([C@H]2N[C@@H](C(=O)OC)Cc3c2[nH]c2ccccc32)c1. The minimum atomic E-state index is -0.525. The Morgan fingerprint density at radius 1 is 1.03 bits per heavy atom. The van der Waals surface area contributed by atoms with E-state index in [0.717, 1.165) is 27.7 Å². The number of carbonyl (C=O) groups excluding carboxylic acids is 2. The number of H-pyrrole nitrogens is 1. The molecule has 0 saturated heterocycles. The lowest BCUT2D eigenvalue weighted by Gasteiger charge is -2.31. The predicted octanol–water partition coefficient (Wildman–Crippen LogP) is 2.74. The molecule has 0 bridgehead atoms. The molecule has 29 heavy (non-hydrogen) atoms. The van der Waals surface area contributed by atoms with Crippen molar-refractivity contribution in [1.82, 2.24) is 10.3 Å². The van der Waals surface area contributed by atoms with Gasteiger partial charge in [-0.3, -0.25) is 10.1 Å². The van der Waals surface area contributed by atoms with Gasteiger partial charge in [-0.05, 0) is 29.8 Å². The normalized spacial score (nSPS) is 18.2. The number of aromatic nitrogens is 1. The molecular formula is C22H22N2O5. The van der Waals surface area contributed by atoms with Crippen molar-refractivity contribution in [3.63, 3.8) is 0 Å². The van der Waals surface area contributed by atoms with Crippen LogP contribution in [0, 0.1) is 0 Å². The molecule has 1 aromatic heterocycles. The van der Waals surface area contributed by atoms with E-state index in [-0.39, 0.29) is 5.97 Å². The Hall–Kier alpha value is -3.32. The minimum Gasteiger partial charge on any atom is -0.496 e. The van der Waals surface area contributed by atoms with E-state index in [2.05, 4.69) is 10.3 Å². The van der Waals surface area contributed by atoms with Gasteiger partial charge in [0.15, 0.2) is 0 Å². The third-order valence-electron chi connectivity index (χ3n) is 5.36. The maximum atomic E-state index is 12.4. The average Bonchev–Trinajstić information content (AvgIpc) is 3.15. The molecule has 0 aliphatic carbocycles. The molecule has 3 aromatic rings. The largest absolute Gasteiger partial charge is 0.496 e. The molecule has 2 atom stereocenters. The van der Waals surface area contributed by atoms with Gasteiger partial charge >= 0.3 is 11.9 Å². The average molecular weight is 394 g/mol. The summed E-state index contributed by atoms with van der Waals surface area (Å²) in [6.45, 7) is 0. The number of fused-ring (bicyclic) bond motifs is 3. The number of benzene rings is 2. The molecule has 4 rings (SSSR count). The van der Waals surface area contributed by atoms with Crippen molar-refractivity contribution in [1.29, 1.82) is 0 Å². The summed E-state index contributed by atoms with van der Waals surface area (Å²) in [6, 6.07) is 12.2. The van der Waals surface area contributed by atoms with Crippen molar-refractivity contribution in [2.45, 2.75) is 18.5 Å². The summed E-state index contributed by atoms with van der Waals surface area (Å²) in [5, 5.41) is 4.42. The molecule has 150 valence electrons. The second-order valence-corrected chi connectivity index (χ2v) is 6.89. The van der Waals surface area contributed by atoms with Crippen LogP contribution < -0.4 is 10.1 Å². The quantitative estimate of drug-likeness (QED) is 0.662. The molecule has 0 unspecified atom stereocenters. The molecule has 0 fully saturated rings. The summed E-state index contributed by atoms with van der Waals surface area (Å²) in [7, 11) is 4.29. The first-order chi connectivity index (χ1) is 14.1. The van der Waals surface area contributed by atoms with Gasteiger partial charge in [0.1, 0.15) is 11.8 Å². The van der Waals surface area contributed by atoms with Crippen molar-refractivity contribution in [3.8, 4) is 5.75 Å². The monoisotopic (exact) mass is 394 g/mol. The Balaban J connectivity index is 1.91. The Morgan fingerprint density at radius 3 is 2.55 bits per heavy atom. The first kappa shape index (κ1) is 19.0. The van der Waals surface area contributed by atoms with Crippen molar-refractivity contribution >= 4 is 22.8 Å². The number of hydrogen-bond acceptors (Lipinski definition) is 6. The Bertz CT molecular complexity index is 1090. The number of ether oxygens (including phenoxy) is 3. The highest BCUT2D eigenvalue weighted by Gasteiger charge is 2.36. The van der Waals surface area contributed by atoms with E-state index >= 15 is 0 Å². The van der Waals surface area contributed by atoms with Gasteiger partial charge in [-0.15, -0.1) is 0 Å². The summed E-state index contributed by atoms with van der Waals surface area (Å²) in [6.07, 6.45) is 0.502. The van der Waals surface area contributed by atoms with Crippen LogP contribution in [0.3, 0.4) is 0 Å². The summed E-state index contributed by atoms with van der Waals surface area (Å²) >= 11 is 0. The van der Waals surface area contributed by atoms with E-state index < -0.39 is 18.1 Å². The number of rotatable bonds is 4. The van der Waals surface area contributed by atoms with E-state index in [1.165, 1.54) is 14.2 Å². The number of methoxy groups -OCH3 is 3. The molecule has 7 nitrogen and oxygen atoms in total. The number of esters is 2. The van der Waals surface area contributed by atoms with Crippen LogP contribution >= 0.6 is 0 Å². The summed E-state index contributed by atoms with van der Waals surface area (Å²) < 4.78 is 15.4. The first-order valence-electron chi connectivity index (χ1n) is 9.27. The van der Waals surface area contributed by atoms with Crippen molar-refractivity contribution < 1.29 is 23.8 Å². The molecule has 2 aromatic carbocycles. The van der Waals surface area contributed by atoms with E-state index in [9.17, 15) is 9.59 Å². The highest BCUT2D eigenvalue weighted by molar-refractivity contribution is 5.90. The van der Waals surface area contributed by atoms with Gasteiger partial charge in [-0.1, -0.05) is 18.2 Å². The maximum Gasteiger partial charge on any atom is 0.337 e. The van der Waals surface area contributed by atoms with Crippen molar-refractivity contribution in [2.75, 3.05) is 21.3 Å². The molecule has 0 saturated carbocycles. The van der Waals surface area contributed by atoms with Crippen LogP contribution in [0.5, 0.6) is 5.75 Å². The van der Waals surface area contributed by atoms with Gasteiger partial charge in [0, 0.05) is 28.6 Å². The number of para-hydroxylation sites is 1. The van der Waals surface area contributed by atoms with Crippen LogP contribution in [-0.2, 0) is 20.7 Å². The lowest BCUT2D eigenvalue weighted by atomic mass is 9.89. The number of aromatic amines is 1. The first-order valence-corrected chi connectivity index (χ1v) is 9.27. The summed E-state index contributed by atoms with van der Waals surface area (Å²) in [4.78, 5) is 27.9. The van der Waals surface area contributed by atoms with Crippen LogP contribution in [0.15, 0.2) is 42.5 Å². The fourth-order valence-corrected chi connectivity index (χ4v) is 3.98. The molecule has 2 heterocycles. The standard InChI is InChI=1S/C22H22N2O5/c1-27-18-9-8-12(21(25)28-2)10-15(18)20-19-14(11-17(24-20)22(26)29-3)13-6-4-5-7-16(13)23-19/h4-10,17,20,23-24H,11H2,1-3H3/t17-,20-/m1/s1. The molecule has 0 amide bonds. The van der Waals surface area contributed by atoms with Gasteiger partial charge in [0.2, 0.25) is 0 Å². The molecule has 1 aliphatic rings. The van der Waals surface area contributed by atoms with Gasteiger partial charge in [0.05, 0.1) is 32.9 Å². The van der Waals surface area contributed by atoms with E-state index in [1.807, 2.05) is 24.3 Å². The van der Waals surface area contributed by atoms with Gasteiger partial charge in [0.25, 0.3) is 0 Å². The molecular weight excluding hydrogens is 372 g/mol. The molecule has 0 spiro atoms. The minimum absolute atomic E-state index is 0.339. The lowest BCUT2D eigenvalue weighted by Crippen LogP contribution is -2.45. The second kappa shape index (κ2) is 7.60. The molecule has 2 N–H and O–H groups in total. The number of carbonyl (C=O) groups is 2. The van der Waals surface area contributed by atoms with Crippen molar-refractivity contribution in [2.24, 2.45) is 0 Å². The highest BCUT2D eigenvalue weighted by atomic mass is 16.5. The van der Waals surface area contributed by atoms with Gasteiger partial charge in [-0.25, -0.2) is 4.79 Å². The fraction of sp³-hybridized carbons (Fsp3) is 0.273. The van der Waals surface area contributed by atoms with E-state index in [0.29, 0.717) is 17.7 Å². The Labute approximate surface area is 168 Å². The molecule has 0 radical (unpaired) electrons. The Morgan fingerprint density at radius 2 is 1.83 bits per heavy atom. The van der Waals surface area contributed by atoms with Crippen LogP contribution in [0.1, 0.15) is 33.2 Å². The van der Waals surface area contributed by atoms with Crippen LogP contribution in [-0.4, -0.2) is 44.3 Å². The van der Waals surface area contributed by atoms with E-state index in [1.54, 1.807) is 25.3 Å². The van der Waals surface area contributed by atoms with E-state index in [4.69, 9.17) is 14.2 Å². The number of hydrogen-bond donors (Lipinski definition) is 2. The number of nitrogens with one attached hydrogen (secondary N) is 2. The van der Waals surface area contributed by atoms with Gasteiger partial charge in [-0.2, -0.15) is 0 Å². The zero-order valence-electron chi connectivity index (χ0n) is 16.4.